The summed E-state index contributed by atoms with van der Waals surface area (Å²) in [6.07, 6.45) is 1.03. The first-order valence-corrected chi connectivity index (χ1v) is 10.6. The van der Waals surface area contributed by atoms with Gasteiger partial charge < -0.3 is 19.3 Å². The number of aliphatic hydroxyl groups excluding tert-OH is 1. The average Bonchev–Trinajstić information content (AvgIpc) is 2.91. The molecule has 1 aromatic heterocycles. The number of aliphatic hydroxyl groups is 1. The number of nitrogens with zero attached hydrogens (tertiary/aromatic N) is 2. The predicted molar refractivity (Wildman–Crippen MR) is 113 cm³/mol. The molecule has 29 heavy (non-hydrogen) atoms. The van der Waals surface area contributed by atoms with E-state index in [0.717, 1.165) is 22.6 Å². The molecule has 3 atom stereocenters. The fraction of sp³-hybridized carbons (Fsp3) is 0.609. The van der Waals surface area contributed by atoms with Crippen LogP contribution in [0.15, 0.2) is 24.3 Å². The number of hydrogen-bond donors (Lipinski definition) is 1. The molecule has 6 heteroatoms. The molecule has 0 saturated carbocycles. The standard InChI is InChI=1S/C23H34N2O4/c1-14(2)25-17(6)21(12-18-7-9-20(10-8-18)27-15(3)4)23(24-25)29-22-13-19(26)11-16(5)28-22/h7-10,14-16,19,22,26H,11-13H2,1-6H3. The molecule has 160 valence electrons. The van der Waals surface area contributed by atoms with Crippen LogP contribution in [0.25, 0.3) is 0 Å². The van der Waals surface area contributed by atoms with E-state index in [1.807, 2.05) is 37.6 Å². The molecule has 3 unspecified atom stereocenters. The summed E-state index contributed by atoms with van der Waals surface area (Å²) in [5, 5.41) is 14.8. The van der Waals surface area contributed by atoms with Crippen LogP contribution in [0.3, 0.4) is 0 Å². The van der Waals surface area contributed by atoms with Crippen molar-refractivity contribution >= 4 is 0 Å². The van der Waals surface area contributed by atoms with Gasteiger partial charge in [-0.15, -0.1) is 5.10 Å². The summed E-state index contributed by atoms with van der Waals surface area (Å²) >= 11 is 0. The minimum absolute atomic E-state index is 0.0333. The molecule has 0 radical (unpaired) electrons. The largest absolute Gasteiger partial charge is 0.491 e. The molecular weight excluding hydrogens is 368 g/mol. The summed E-state index contributed by atoms with van der Waals surface area (Å²) in [5.74, 6) is 1.46. The zero-order valence-corrected chi connectivity index (χ0v) is 18.4. The summed E-state index contributed by atoms with van der Waals surface area (Å²) in [6.45, 7) is 12.3. The van der Waals surface area contributed by atoms with Gasteiger partial charge in [-0.05, 0) is 65.7 Å². The monoisotopic (exact) mass is 402 g/mol. The van der Waals surface area contributed by atoms with Gasteiger partial charge in [-0.3, -0.25) is 4.68 Å². The van der Waals surface area contributed by atoms with E-state index in [4.69, 9.17) is 19.3 Å². The number of ether oxygens (including phenoxy) is 3. The third-order valence-electron chi connectivity index (χ3n) is 5.10. The third kappa shape index (κ3) is 5.52. The maximum absolute atomic E-state index is 10.1. The fourth-order valence-corrected chi connectivity index (χ4v) is 3.76. The molecule has 1 fully saturated rings. The Bertz CT molecular complexity index is 788. The number of rotatable bonds is 7. The Morgan fingerprint density at radius 2 is 1.86 bits per heavy atom. The summed E-state index contributed by atoms with van der Waals surface area (Å²) in [6, 6.07) is 8.39. The van der Waals surface area contributed by atoms with Gasteiger partial charge in [0, 0.05) is 30.1 Å². The highest BCUT2D eigenvalue weighted by Gasteiger charge is 2.29. The fourth-order valence-electron chi connectivity index (χ4n) is 3.76. The van der Waals surface area contributed by atoms with Crippen molar-refractivity contribution < 1.29 is 19.3 Å². The summed E-state index contributed by atoms with van der Waals surface area (Å²) < 4.78 is 19.8. The molecule has 0 bridgehead atoms. The first kappa shape index (κ1) is 21.7. The molecule has 0 amide bonds. The maximum Gasteiger partial charge on any atom is 0.238 e. The first-order valence-electron chi connectivity index (χ1n) is 10.6. The molecule has 1 aliphatic heterocycles. The highest BCUT2D eigenvalue weighted by atomic mass is 16.7. The van der Waals surface area contributed by atoms with Gasteiger partial charge in [0.2, 0.25) is 12.2 Å². The van der Waals surface area contributed by atoms with Crippen molar-refractivity contribution in [2.45, 2.75) is 91.4 Å². The van der Waals surface area contributed by atoms with E-state index in [9.17, 15) is 5.11 Å². The van der Waals surface area contributed by atoms with Crippen LogP contribution in [-0.4, -0.2) is 39.5 Å². The molecule has 2 heterocycles. The smallest absolute Gasteiger partial charge is 0.238 e. The van der Waals surface area contributed by atoms with E-state index in [-0.39, 0.29) is 18.2 Å². The molecule has 3 rings (SSSR count). The highest BCUT2D eigenvalue weighted by Crippen LogP contribution is 2.30. The van der Waals surface area contributed by atoms with Gasteiger partial charge in [0.1, 0.15) is 5.75 Å². The predicted octanol–water partition coefficient (Wildman–Crippen LogP) is 4.42. The zero-order chi connectivity index (χ0) is 21.1. The Morgan fingerprint density at radius 1 is 1.17 bits per heavy atom. The van der Waals surface area contributed by atoms with Crippen LogP contribution >= 0.6 is 0 Å². The number of aromatic nitrogens is 2. The van der Waals surface area contributed by atoms with Crippen LogP contribution in [0.2, 0.25) is 0 Å². The van der Waals surface area contributed by atoms with E-state index in [1.54, 1.807) is 0 Å². The van der Waals surface area contributed by atoms with Gasteiger partial charge in [0.15, 0.2) is 0 Å². The number of benzene rings is 1. The van der Waals surface area contributed by atoms with E-state index in [1.165, 1.54) is 0 Å². The van der Waals surface area contributed by atoms with Gasteiger partial charge in [-0.1, -0.05) is 12.1 Å². The van der Waals surface area contributed by atoms with E-state index < -0.39 is 12.4 Å². The second kappa shape index (κ2) is 9.18. The van der Waals surface area contributed by atoms with Crippen LogP contribution in [0.4, 0.5) is 0 Å². The normalized spacial score (nSPS) is 22.3. The van der Waals surface area contributed by atoms with Crippen molar-refractivity contribution in [3.05, 3.63) is 41.1 Å². The van der Waals surface area contributed by atoms with Crippen LogP contribution < -0.4 is 9.47 Å². The average molecular weight is 403 g/mol. The van der Waals surface area contributed by atoms with E-state index >= 15 is 0 Å². The Balaban J connectivity index is 1.83. The molecule has 1 aromatic carbocycles. The molecular formula is C23H34N2O4. The van der Waals surface area contributed by atoms with Crippen LogP contribution in [0.5, 0.6) is 11.6 Å². The van der Waals surface area contributed by atoms with Crippen molar-refractivity contribution in [1.29, 1.82) is 0 Å². The lowest BCUT2D eigenvalue weighted by atomic mass is 10.0. The van der Waals surface area contributed by atoms with Crippen LogP contribution in [0, 0.1) is 6.92 Å². The van der Waals surface area contributed by atoms with Crippen LogP contribution in [-0.2, 0) is 11.2 Å². The van der Waals surface area contributed by atoms with Gasteiger partial charge in [-0.2, -0.15) is 0 Å². The maximum atomic E-state index is 10.1. The van der Waals surface area contributed by atoms with Gasteiger partial charge in [-0.25, -0.2) is 0 Å². The molecule has 1 N–H and O–H groups in total. The van der Waals surface area contributed by atoms with E-state index in [2.05, 4.69) is 32.9 Å². The quantitative estimate of drug-likeness (QED) is 0.743. The third-order valence-corrected chi connectivity index (χ3v) is 5.10. The Labute approximate surface area is 173 Å². The zero-order valence-electron chi connectivity index (χ0n) is 18.4. The van der Waals surface area contributed by atoms with Gasteiger partial charge in [0.05, 0.1) is 18.3 Å². The molecule has 2 aromatic rings. The Morgan fingerprint density at radius 3 is 2.45 bits per heavy atom. The van der Waals surface area contributed by atoms with Crippen molar-refractivity contribution in [3.8, 4) is 11.6 Å². The lowest BCUT2D eigenvalue weighted by molar-refractivity contribution is -0.171. The van der Waals surface area contributed by atoms with Crippen molar-refractivity contribution in [2.75, 3.05) is 0 Å². The Kier molecular flexibility index (Phi) is 6.85. The SMILES string of the molecule is Cc1c(Cc2ccc(OC(C)C)cc2)c(OC2CC(O)CC(C)O2)nn1C(C)C. The van der Waals surface area contributed by atoms with Crippen LogP contribution in [0.1, 0.15) is 70.3 Å². The van der Waals surface area contributed by atoms with Gasteiger partial charge in [0.25, 0.3) is 0 Å². The topological polar surface area (TPSA) is 65.7 Å². The van der Waals surface area contributed by atoms with Gasteiger partial charge >= 0.3 is 0 Å². The number of hydrogen-bond acceptors (Lipinski definition) is 5. The second-order valence-electron chi connectivity index (χ2n) is 8.51. The van der Waals surface area contributed by atoms with E-state index in [0.29, 0.717) is 25.1 Å². The molecule has 6 nitrogen and oxygen atoms in total. The second-order valence-corrected chi connectivity index (χ2v) is 8.51. The minimum Gasteiger partial charge on any atom is -0.491 e. The summed E-state index contributed by atoms with van der Waals surface area (Å²) in [5.41, 5.74) is 3.30. The minimum atomic E-state index is -0.482. The lowest BCUT2D eigenvalue weighted by Crippen LogP contribution is -2.37. The molecule has 1 saturated heterocycles. The lowest BCUT2D eigenvalue weighted by Gasteiger charge is -2.30. The van der Waals surface area contributed by atoms with Crippen molar-refractivity contribution in [1.82, 2.24) is 9.78 Å². The molecule has 0 aliphatic carbocycles. The highest BCUT2D eigenvalue weighted by molar-refractivity contribution is 5.38. The summed E-state index contributed by atoms with van der Waals surface area (Å²) in [4.78, 5) is 0. The summed E-state index contributed by atoms with van der Waals surface area (Å²) in [7, 11) is 0. The van der Waals surface area contributed by atoms with Crippen molar-refractivity contribution in [2.24, 2.45) is 0 Å². The Hall–Kier alpha value is -2.05. The first-order chi connectivity index (χ1) is 13.7. The molecule has 0 spiro atoms. The van der Waals surface area contributed by atoms with Crippen molar-refractivity contribution in [3.63, 3.8) is 0 Å². The molecule has 1 aliphatic rings.